The molecule has 0 saturated carbocycles. The van der Waals surface area contributed by atoms with Crippen LogP contribution in [0.3, 0.4) is 0 Å². The van der Waals surface area contributed by atoms with Crippen LogP contribution in [0.1, 0.15) is 154 Å². The second-order valence-electron chi connectivity index (χ2n) is 10.1. The molecule has 0 spiro atoms. The maximum Gasteiger partial charge on any atom is 0.0543 e. The Kier molecular flexibility index (Phi) is 21.4. The van der Waals surface area contributed by atoms with Crippen molar-refractivity contribution in [2.45, 2.75) is 159 Å². The third kappa shape index (κ3) is 18.1. The molecule has 3 heteroatoms. The molecule has 0 aromatic heterocycles. The van der Waals surface area contributed by atoms with Gasteiger partial charge in [0.1, 0.15) is 0 Å². The van der Waals surface area contributed by atoms with Gasteiger partial charge < -0.3 is 0 Å². The highest BCUT2D eigenvalue weighted by Gasteiger charge is 2.05. The Labute approximate surface area is 222 Å². The number of unbranched alkanes of at least 4 members (excludes halogenated alkanes) is 21. The molecule has 1 aromatic carbocycles. The molecule has 0 amide bonds. The van der Waals surface area contributed by atoms with Gasteiger partial charge in [-0.2, -0.15) is 0 Å². The topological polar surface area (TPSA) is 0 Å². The van der Waals surface area contributed by atoms with Crippen LogP contribution in [-0.4, -0.2) is 0 Å². The lowest BCUT2D eigenvalue weighted by molar-refractivity contribution is 0.519. The van der Waals surface area contributed by atoms with Gasteiger partial charge >= 0.3 is 0 Å². The summed E-state index contributed by atoms with van der Waals surface area (Å²) in [5.74, 6) is 0. The Morgan fingerprint density at radius 1 is 0.485 bits per heavy atom. The highest BCUT2D eigenvalue weighted by atomic mass is 35.5. The van der Waals surface area contributed by atoms with Crippen LogP contribution in [0.2, 0.25) is 10.0 Å². The van der Waals surface area contributed by atoms with Gasteiger partial charge in [0.05, 0.1) is 5.02 Å². The van der Waals surface area contributed by atoms with Gasteiger partial charge in [0, 0.05) is 9.92 Å². The molecule has 0 radical (unpaired) electrons. The summed E-state index contributed by atoms with van der Waals surface area (Å²) in [6, 6.07) is 3.84. The number of aryl methyl sites for hydroxylation is 1. The molecule has 0 aliphatic rings. The molecule has 192 valence electrons. The van der Waals surface area contributed by atoms with Crippen molar-refractivity contribution in [2.24, 2.45) is 0 Å². The molecule has 0 unspecified atom stereocenters. The van der Waals surface area contributed by atoms with Crippen molar-refractivity contribution < 1.29 is 0 Å². The Morgan fingerprint density at radius 2 is 0.818 bits per heavy atom. The molecule has 1 aromatic rings. The van der Waals surface area contributed by atoms with Crippen LogP contribution in [0.25, 0.3) is 0 Å². The molecule has 1 rings (SSSR count). The van der Waals surface area contributed by atoms with Crippen LogP contribution >= 0.6 is 35.8 Å². The highest BCUT2D eigenvalue weighted by Crippen LogP contribution is 2.29. The van der Waals surface area contributed by atoms with Gasteiger partial charge in [0.15, 0.2) is 0 Å². The van der Waals surface area contributed by atoms with Gasteiger partial charge in [-0.05, 0) is 30.5 Å². The van der Waals surface area contributed by atoms with Crippen molar-refractivity contribution in [1.29, 1.82) is 0 Å². The standard InChI is InChI=1S/C30H52Cl2S/c1-2-3-4-5-6-7-8-9-10-11-12-13-14-15-16-17-18-19-20-21-22-23-24-27-25-29(32)30(33)26-28(27)31/h25-26,33H,2-24H2,1H3. The number of thiol groups is 1. The highest BCUT2D eigenvalue weighted by molar-refractivity contribution is 7.80. The normalized spacial score (nSPS) is 11.4. The van der Waals surface area contributed by atoms with Gasteiger partial charge in [0.2, 0.25) is 0 Å². The number of halogens is 2. The summed E-state index contributed by atoms with van der Waals surface area (Å²) in [6.45, 7) is 2.30. The van der Waals surface area contributed by atoms with E-state index in [9.17, 15) is 0 Å². The third-order valence-corrected chi connectivity index (χ3v) is 8.08. The van der Waals surface area contributed by atoms with Crippen LogP contribution in [0.5, 0.6) is 0 Å². The Hall–Kier alpha value is 0.150. The minimum atomic E-state index is 0.705. The second-order valence-corrected chi connectivity index (χ2v) is 11.4. The van der Waals surface area contributed by atoms with Crippen LogP contribution < -0.4 is 0 Å². The first-order chi connectivity index (χ1) is 16.1. The predicted molar refractivity (Wildman–Crippen MR) is 155 cm³/mol. The van der Waals surface area contributed by atoms with Gasteiger partial charge in [-0.1, -0.05) is 165 Å². The van der Waals surface area contributed by atoms with Crippen molar-refractivity contribution in [3.8, 4) is 0 Å². The first-order valence-electron chi connectivity index (χ1n) is 14.3. The number of benzene rings is 1. The molecule has 0 bridgehead atoms. The lowest BCUT2D eigenvalue weighted by Crippen LogP contribution is -1.89. The Morgan fingerprint density at radius 3 is 1.18 bits per heavy atom. The minimum Gasteiger partial charge on any atom is -0.142 e. The monoisotopic (exact) mass is 514 g/mol. The SMILES string of the molecule is CCCCCCCCCCCCCCCCCCCCCCCCc1cc(Cl)c(S)cc1Cl. The van der Waals surface area contributed by atoms with Crippen LogP contribution in [-0.2, 0) is 6.42 Å². The molecular formula is C30H52Cl2S. The van der Waals surface area contributed by atoms with E-state index in [1.165, 1.54) is 141 Å². The fourth-order valence-electron chi connectivity index (χ4n) is 4.69. The van der Waals surface area contributed by atoms with E-state index >= 15 is 0 Å². The lowest BCUT2D eigenvalue weighted by atomic mass is 10.0. The zero-order chi connectivity index (χ0) is 24.0. The summed E-state index contributed by atoms with van der Waals surface area (Å²) in [4.78, 5) is 0.763. The molecule has 0 N–H and O–H groups in total. The summed E-state index contributed by atoms with van der Waals surface area (Å²) in [5.41, 5.74) is 1.16. The summed E-state index contributed by atoms with van der Waals surface area (Å²) in [5, 5.41) is 1.50. The summed E-state index contributed by atoms with van der Waals surface area (Å²) < 4.78 is 0. The quantitative estimate of drug-likeness (QED) is 0.109. The molecule has 0 atom stereocenters. The number of hydrogen-bond acceptors (Lipinski definition) is 1. The Balaban J connectivity index is 1.75. The van der Waals surface area contributed by atoms with E-state index in [0.717, 1.165) is 21.9 Å². The van der Waals surface area contributed by atoms with Crippen LogP contribution in [0, 0.1) is 0 Å². The van der Waals surface area contributed by atoms with E-state index in [1.54, 1.807) is 0 Å². The van der Waals surface area contributed by atoms with Crippen LogP contribution in [0.15, 0.2) is 17.0 Å². The van der Waals surface area contributed by atoms with Crippen molar-refractivity contribution in [2.75, 3.05) is 0 Å². The summed E-state index contributed by atoms with van der Waals surface area (Å²) in [7, 11) is 0. The van der Waals surface area contributed by atoms with E-state index in [-0.39, 0.29) is 0 Å². The van der Waals surface area contributed by atoms with Crippen molar-refractivity contribution in [1.82, 2.24) is 0 Å². The fraction of sp³-hybridized carbons (Fsp3) is 0.800. The second kappa shape index (κ2) is 22.6. The number of hydrogen-bond donors (Lipinski definition) is 1. The summed E-state index contributed by atoms with van der Waals surface area (Å²) >= 11 is 16.8. The lowest BCUT2D eigenvalue weighted by Gasteiger charge is -2.07. The minimum absolute atomic E-state index is 0.705. The first-order valence-corrected chi connectivity index (χ1v) is 15.5. The molecule has 33 heavy (non-hydrogen) atoms. The van der Waals surface area contributed by atoms with Crippen LogP contribution in [0.4, 0.5) is 0 Å². The van der Waals surface area contributed by atoms with Gasteiger partial charge in [-0.25, -0.2) is 0 Å². The van der Waals surface area contributed by atoms with E-state index < -0.39 is 0 Å². The summed E-state index contributed by atoms with van der Waals surface area (Å²) in [6.07, 6.45) is 32.3. The molecule has 0 heterocycles. The van der Waals surface area contributed by atoms with E-state index in [1.807, 2.05) is 12.1 Å². The fourth-order valence-corrected chi connectivity index (χ4v) is 5.41. The van der Waals surface area contributed by atoms with Gasteiger partial charge in [-0.15, -0.1) is 12.6 Å². The zero-order valence-corrected chi connectivity index (χ0v) is 24.0. The molecule has 0 aliphatic carbocycles. The van der Waals surface area contributed by atoms with Crippen molar-refractivity contribution in [3.63, 3.8) is 0 Å². The largest absolute Gasteiger partial charge is 0.142 e. The number of rotatable bonds is 23. The van der Waals surface area contributed by atoms with Crippen molar-refractivity contribution in [3.05, 3.63) is 27.7 Å². The van der Waals surface area contributed by atoms with Gasteiger partial charge in [-0.3, -0.25) is 0 Å². The molecule has 0 nitrogen and oxygen atoms in total. The molecule has 0 aliphatic heterocycles. The maximum absolute atomic E-state index is 6.29. The maximum atomic E-state index is 6.29. The predicted octanol–water partition coefficient (Wildman–Crippen LogP) is 12.4. The molecular weight excluding hydrogens is 463 g/mol. The van der Waals surface area contributed by atoms with Crippen molar-refractivity contribution >= 4 is 35.8 Å². The first kappa shape index (κ1) is 31.2. The Bertz CT molecular complexity index is 573. The van der Waals surface area contributed by atoms with E-state index in [2.05, 4.69) is 19.6 Å². The van der Waals surface area contributed by atoms with Gasteiger partial charge in [0.25, 0.3) is 0 Å². The van der Waals surface area contributed by atoms with E-state index in [0.29, 0.717) is 5.02 Å². The third-order valence-electron chi connectivity index (χ3n) is 6.92. The smallest absolute Gasteiger partial charge is 0.0543 e. The molecule has 0 fully saturated rings. The molecule has 0 saturated heterocycles. The zero-order valence-electron chi connectivity index (χ0n) is 21.6. The average molecular weight is 516 g/mol. The van der Waals surface area contributed by atoms with E-state index in [4.69, 9.17) is 23.2 Å². The average Bonchev–Trinajstić information content (AvgIpc) is 2.80.